The first kappa shape index (κ1) is 18.5. The first-order chi connectivity index (χ1) is 13.0. The van der Waals surface area contributed by atoms with E-state index in [2.05, 4.69) is 10.6 Å². The summed E-state index contributed by atoms with van der Waals surface area (Å²) in [5, 5.41) is 5.96. The molecule has 6 heteroatoms. The van der Waals surface area contributed by atoms with Crippen LogP contribution in [0.2, 0.25) is 5.02 Å². The molecule has 3 amide bonds. The molecule has 0 aromatic heterocycles. The number of anilines is 3. The molecule has 0 aliphatic rings. The molecule has 0 spiro atoms. The SMILES string of the molecule is CN(C(=O)c1ccc(NC(=O)Nc2cccc(Cl)c2)cc1)c1ccccc1. The Morgan fingerprint density at radius 3 is 2.15 bits per heavy atom. The predicted octanol–water partition coefficient (Wildman–Crippen LogP) is 5.26. The Morgan fingerprint density at radius 2 is 1.48 bits per heavy atom. The number of rotatable bonds is 4. The number of hydrogen-bond acceptors (Lipinski definition) is 2. The Morgan fingerprint density at radius 1 is 0.815 bits per heavy atom. The molecule has 0 bridgehead atoms. The molecule has 136 valence electrons. The summed E-state index contributed by atoms with van der Waals surface area (Å²) >= 11 is 5.90. The van der Waals surface area contributed by atoms with E-state index in [9.17, 15) is 9.59 Å². The average Bonchev–Trinajstić information content (AvgIpc) is 2.68. The van der Waals surface area contributed by atoms with Crippen LogP contribution in [0.15, 0.2) is 78.9 Å². The van der Waals surface area contributed by atoms with Crippen molar-refractivity contribution in [1.29, 1.82) is 0 Å². The summed E-state index contributed by atoms with van der Waals surface area (Å²) in [7, 11) is 1.72. The van der Waals surface area contributed by atoms with Gasteiger partial charge in [0.15, 0.2) is 0 Å². The van der Waals surface area contributed by atoms with Crippen molar-refractivity contribution in [3.63, 3.8) is 0 Å². The molecule has 3 aromatic rings. The van der Waals surface area contributed by atoms with Crippen LogP contribution in [0.25, 0.3) is 0 Å². The molecule has 0 radical (unpaired) electrons. The fourth-order valence-electron chi connectivity index (χ4n) is 2.52. The van der Waals surface area contributed by atoms with Gasteiger partial charge in [0.2, 0.25) is 0 Å². The summed E-state index contributed by atoms with van der Waals surface area (Å²) in [6, 6.07) is 22.6. The second-order valence-electron chi connectivity index (χ2n) is 5.87. The molecule has 2 N–H and O–H groups in total. The average molecular weight is 380 g/mol. The highest BCUT2D eigenvalue weighted by Crippen LogP contribution is 2.18. The minimum atomic E-state index is -0.391. The highest BCUT2D eigenvalue weighted by molar-refractivity contribution is 6.30. The predicted molar refractivity (Wildman–Crippen MR) is 110 cm³/mol. The highest BCUT2D eigenvalue weighted by atomic mass is 35.5. The van der Waals surface area contributed by atoms with Crippen LogP contribution in [0, 0.1) is 0 Å². The minimum Gasteiger partial charge on any atom is -0.311 e. The van der Waals surface area contributed by atoms with Crippen molar-refractivity contribution in [3.05, 3.63) is 89.4 Å². The number of nitrogens with zero attached hydrogens (tertiary/aromatic N) is 1. The smallest absolute Gasteiger partial charge is 0.311 e. The molecular weight excluding hydrogens is 362 g/mol. The fourth-order valence-corrected chi connectivity index (χ4v) is 2.71. The van der Waals surface area contributed by atoms with Crippen molar-refractivity contribution in [2.45, 2.75) is 0 Å². The lowest BCUT2D eigenvalue weighted by Gasteiger charge is -2.17. The van der Waals surface area contributed by atoms with Gasteiger partial charge in [-0.15, -0.1) is 0 Å². The maximum atomic E-state index is 12.6. The zero-order valence-electron chi connectivity index (χ0n) is 14.6. The molecule has 5 nitrogen and oxygen atoms in total. The van der Waals surface area contributed by atoms with Crippen molar-refractivity contribution in [2.75, 3.05) is 22.6 Å². The summed E-state index contributed by atoms with van der Waals surface area (Å²) in [5.74, 6) is -0.129. The minimum absolute atomic E-state index is 0.129. The van der Waals surface area contributed by atoms with Crippen LogP contribution in [0.1, 0.15) is 10.4 Å². The van der Waals surface area contributed by atoms with Crippen LogP contribution in [0.3, 0.4) is 0 Å². The van der Waals surface area contributed by atoms with Crippen LogP contribution in [0.4, 0.5) is 21.9 Å². The van der Waals surface area contributed by atoms with Gasteiger partial charge >= 0.3 is 6.03 Å². The molecule has 0 aliphatic heterocycles. The number of nitrogens with one attached hydrogen (secondary N) is 2. The molecule has 0 heterocycles. The second-order valence-corrected chi connectivity index (χ2v) is 6.30. The first-order valence-electron chi connectivity index (χ1n) is 8.30. The van der Waals surface area contributed by atoms with Gasteiger partial charge in [-0.1, -0.05) is 35.9 Å². The van der Waals surface area contributed by atoms with E-state index in [1.807, 2.05) is 30.3 Å². The lowest BCUT2D eigenvalue weighted by molar-refractivity contribution is 0.0993. The summed E-state index contributed by atoms with van der Waals surface area (Å²) in [5.41, 5.74) is 2.51. The number of urea groups is 1. The van der Waals surface area contributed by atoms with Gasteiger partial charge in [-0.25, -0.2) is 4.79 Å². The van der Waals surface area contributed by atoms with Gasteiger partial charge in [0.25, 0.3) is 5.91 Å². The van der Waals surface area contributed by atoms with E-state index in [0.29, 0.717) is 22.0 Å². The molecular formula is C21H18ClN3O2. The number of carbonyl (C=O) groups excluding carboxylic acids is 2. The van der Waals surface area contributed by atoms with Gasteiger partial charge in [0.05, 0.1) is 0 Å². The lowest BCUT2D eigenvalue weighted by Crippen LogP contribution is -2.26. The second kappa shape index (κ2) is 8.38. The van der Waals surface area contributed by atoms with Crippen LogP contribution in [-0.4, -0.2) is 19.0 Å². The summed E-state index contributed by atoms with van der Waals surface area (Å²) in [4.78, 5) is 26.2. The molecule has 3 rings (SSSR count). The van der Waals surface area contributed by atoms with Crippen molar-refractivity contribution in [3.8, 4) is 0 Å². The van der Waals surface area contributed by atoms with Crippen molar-refractivity contribution in [1.82, 2.24) is 0 Å². The highest BCUT2D eigenvalue weighted by Gasteiger charge is 2.13. The Bertz CT molecular complexity index is 943. The zero-order valence-corrected chi connectivity index (χ0v) is 15.4. The third-order valence-electron chi connectivity index (χ3n) is 3.92. The van der Waals surface area contributed by atoms with Crippen LogP contribution < -0.4 is 15.5 Å². The zero-order chi connectivity index (χ0) is 19.2. The standard InChI is InChI=1S/C21H18ClN3O2/c1-25(19-8-3-2-4-9-19)20(26)15-10-12-17(13-11-15)23-21(27)24-18-7-5-6-16(22)14-18/h2-14H,1H3,(H2,23,24,27). The first-order valence-corrected chi connectivity index (χ1v) is 8.67. The quantitative estimate of drug-likeness (QED) is 0.649. The Labute approximate surface area is 162 Å². The molecule has 0 saturated heterocycles. The van der Waals surface area contributed by atoms with Crippen LogP contribution in [0.5, 0.6) is 0 Å². The molecule has 0 aliphatic carbocycles. The van der Waals surface area contributed by atoms with E-state index in [1.54, 1.807) is 60.5 Å². The van der Waals surface area contributed by atoms with Crippen molar-refractivity contribution >= 4 is 40.6 Å². The monoisotopic (exact) mass is 379 g/mol. The number of para-hydroxylation sites is 1. The summed E-state index contributed by atoms with van der Waals surface area (Å²) in [6.45, 7) is 0. The maximum Gasteiger partial charge on any atom is 0.323 e. The topological polar surface area (TPSA) is 61.4 Å². The number of amides is 3. The normalized spacial score (nSPS) is 10.1. The number of benzene rings is 3. The van der Waals surface area contributed by atoms with Gasteiger partial charge in [-0.2, -0.15) is 0 Å². The fraction of sp³-hybridized carbons (Fsp3) is 0.0476. The molecule has 0 atom stereocenters. The maximum absolute atomic E-state index is 12.6. The molecule has 0 fully saturated rings. The van der Waals surface area contributed by atoms with E-state index < -0.39 is 6.03 Å². The largest absolute Gasteiger partial charge is 0.323 e. The van der Waals surface area contributed by atoms with Crippen molar-refractivity contribution in [2.24, 2.45) is 0 Å². The van der Waals surface area contributed by atoms with Gasteiger partial charge in [-0.05, 0) is 54.6 Å². The summed E-state index contributed by atoms with van der Waals surface area (Å²) < 4.78 is 0. The lowest BCUT2D eigenvalue weighted by atomic mass is 10.1. The third kappa shape index (κ3) is 4.86. The van der Waals surface area contributed by atoms with E-state index >= 15 is 0 Å². The number of halogens is 1. The van der Waals surface area contributed by atoms with E-state index in [-0.39, 0.29) is 5.91 Å². The number of hydrogen-bond donors (Lipinski definition) is 2. The van der Waals surface area contributed by atoms with Crippen LogP contribution in [-0.2, 0) is 0 Å². The van der Waals surface area contributed by atoms with Gasteiger partial charge in [-0.3, -0.25) is 4.79 Å². The van der Waals surface area contributed by atoms with E-state index in [0.717, 1.165) is 5.69 Å². The van der Waals surface area contributed by atoms with Gasteiger partial charge < -0.3 is 15.5 Å². The Kier molecular flexibility index (Phi) is 5.74. The Hall–Kier alpha value is -3.31. The van der Waals surface area contributed by atoms with Gasteiger partial charge in [0, 0.05) is 34.7 Å². The van der Waals surface area contributed by atoms with Crippen molar-refractivity contribution < 1.29 is 9.59 Å². The Balaban J connectivity index is 1.63. The molecule has 0 unspecified atom stereocenters. The molecule has 3 aromatic carbocycles. The molecule has 27 heavy (non-hydrogen) atoms. The van der Waals surface area contributed by atoms with E-state index in [4.69, 9.17) is 11.6 Å². The molecule has 0 saturated carbocycles. The van der Waals surface area contributed by atoms with Gasteiger partial charge in [0.1, 0.15) is 0 Å². The number of carbonyl (C=O) groups is 2. The summed E-state index contributed by atoms with van der Waals surface area (Å²) in [6.07, 6.45) is 0. The van der Waals surface area contributed by atoms with E-state index in [1.165, 1.54) is 0 Å². The van der Waals surface area contributed by atoms with Crippen LogP contribution >= 0.6 is 11.6 Å². The third-order valence-corrected chi connectivity index (χ3v) is 4.16.